The van der Waals surface area contributed by atoms with Crippen LogP contribution in [-0.4, -0.2) is 21.6 Å². The number of aromatic nitrogens is 2. The molecule has 1 aromatic carbocycles. The third-order valence-corrected chi connectivity index (χ3v) is 5.43. The molecule has 0 spiro atoms. The van der Waals surface area contributed by atoms with Crippen molar-refractivity contribution < 1.29 is 13.2 Å². The van der Waals surface area contributed by atoms with Crippen LogP contribution in [0.2, 0.25) is 0 Å². The number of aryl methyl sites for hydroxylation is 1. The quantitative estimate of drug-likeness (QED) is 0.674. The van der Waals surface area contributed by atoms with Gasteiger partial charge in [0.15, 0.2) is 11.6 Å². The predicted molar refractivity (Wildman–Crippen MR) is 91.1 cm³/mol. The first-order valence-corrected chi connectivity index (χ1v) is 9.00. The van der Waals surface area contributed by atoms with Gasteiger partial charge in [0.25, 0.3) is 5.89 Å². The molecule has 1 aliphatic rings. The van der Waals surface area contributed by atoms with E-state index in [1.54, 1.807) is 17.4 Å². The third-order valence-electron chi connectivity index (χ3n) is 4.45. The van der Waals surface area contributed by atoms with Crippen LogP contribution in [0.5, 0.6) is 0 Å². The maximum Gasteiger partial charge on any atom is 0.257 e. The highest BCUT2D eigenvalue weighted by Gasteiger charge is 2.31. The first kappa shape index (κ1) is 16.4. The average Bonchev–Trinajstić information content (AvgIpc) is 3.31. The summed E-state index contributed by atoms with van der Waals surface area (Å²) in [5.74, 6) is -0.554. The van der Waals surface area contributed by atoms with E-state index in [0.29, 0.717) is 23.9 Å². The molecule has 4 nitrogen and oxygen atoms in total. The van der Waals surface area contributed by atoms with Gasteiger partial charge in [-0.05, 0) is 44.5 Å². The number of halogens is 2. The molecule has 0 unspecified atom stereocenters. The van der Waals surface area contributed by atoms with Gasteiger partial charge >= 0.3 is 0 Å². The topological polar surface area (TPSA) is 42.2 Å². The van der Waals surface area contributed by atoms with Crippen molar-refractivity contribution in [1.82, 2.24) is 15.1 Å². The second-order valence-corrected chi connectivity index (χ2v) is 7.49. The number of hydrogen-bond acceptors (Lipinski definition) is 5. The Hall–Kier alpha value is -2.12. The summed E-state index contributed by atoms with van der Waals surface area (Å²) in [5.41, 5.74) is 0.348. The molecular weight excluding hydrogens is 344 g/mol. The standard InChI is InChI=1S/C18H17F2N3OS/c1-11-7-8-15(25-11)18-22-21-17(24-18)14-6-3-9-23(14)10-12-4-2-5-13(19)16(12)20/h2,4-5,7-8,14H,3,6,9-10H2,1H3/t14-/m0/s1. The molecule has 1 atom stereocenters. The molecule has 0 aliphatic carbocycles. The zero-order valence-corrected chi connectivity index (χ0v) is 14.5. The molecule has 2 aromatic heterocycles. The Kier molecular flexibility index (Phi) is 4.35. The number of benzene rings is 1. The van der Waals surface area contributed by atoms with Gasteiger partial charge < -0.3 is 4.42 Å². The predicted octanol–water partition coefficient (Wildman–Crippen LogP) is 4.72. The van der Waals surface area contributed by atoms with Crippen LogP contribution in [-0.2, 0) is 6.54 Å². The van der Waals surface area contributed by atoms with E-state index in [4.69, 9.17) is 4.42 Å². The Labute approximate surface area is 148 Å². The number of nitrogens with zero attached hydrogens (tertiary/aromatic N) is 3. The van der Waals surface area contributed by atoms with Crippen LogP contribution in [0.25, 0.3) is 10.8 Å². The molecule has 0 amide bonds. The second kappa shape index (κ2) is 6.65. The minimum atomic E-state index is -0.818. The van der Waals surface area contributed by atoms with Crippen molar-refractivity contribution in [1.29, 1.82) is 0 Å². The molecule has 0 radical (unpaired) electrons. The van der Waals surface area contributed by atoms with Gasteiger partial charge in [0.1, 0.15) is 0 Å². The Morgan fingerprint density at radius 1 is 1.24 bits per heavy atom. The van der Waals surface area contributed by atoms with Gasteiger partial charge in [-0.15, -0.1) is 21.5 Å². The van der Waals surface area contributed by atoms with Gasteiger partial charge in [-0.2, -0.15) is 0 Å². The van der Waals surface area contributed by atoms with E-state index in [-0.39, 0.29) is 6.04 Å². The van der Waals surface area contributed by atoms with Crippen molar-refractivity contribution in [2.24, 2.45) is 0 Å². The molecule has 1 fully saturated rings. The lowest BCUT2D eigenvalue weighted by atomic mass is 10.1. The van der Waals surface area contributed by atoms with Crippen molar-refractivity contribution in [2.75, 3.05) is 6.54 Å². The highest BCUT2D eigenvalue weighted by atomic mass is 32.1. The van der Waals surface area contributed by atoms with E-state index in [0.717, 1.165) is 30.3 Å². The Bertz CT molecular complexity index is 892. The van der Waals surface area contributed by atoms with E-state index in [1.165, 1.54) is 10.9 Å². The number of likely N-dealkylation sites (tertiary alicyclic amines) is 1. The summed E-state index contributed by atoms with van der Waals surface area (Å²) in [6, 6.07) is 8.19. The van der Waals surface area contributed by atoms with Crippen LogP contribution in [0.4, 0.5) is 8.78 Å². The average molecular weight is 361 g/mol. The molecule has 1 aliphatic heterocycles. The summed E-state index contributed by atoms with van der Waals surface area (Å²) in [6.07, 6.45) is 1.82. The van der Waals surface area contributed by atoms with E-state index in [9.17, 15) is 8.78 Å². The van der Waals surface area contributed by atoms with Crippen LogP contribution < -0.4 is 0 Å². The van der Waals surface area contributed by atoms with Gasteiger partial charge in [-0.1, -0.05) is 12.1 Å². The van der Waals surface area contributed by atoms with Crippen molar-refractivity contribution in [3.8, 4) is 10.8 Å². The number of hydrogen-bond donors (Lipinski definition) is 0. The summed E-state index contributed by atoms with van der Waals surface area (Å²) < 4.78 is 33.3. The van der Waals surface area contributed by atoms with Crippen molar-refractivity contribution in [2.45, 2.75) is 32.4 Å². The highest BCUT2D eigenvalue weighted by molar-refractivity contribution is 7.15. The number of thiophene rings is 1. The maximum absolute atomic E-state index is 14.0. The summed E-state index contributed by atoms with van der Waals surface area (Å²) in [5, 5.41) is 8.35. The Balaban J connectivity index is 1.55. The van der Waals surface area contributed by atoms with Crippen LogP contribution in [0, 0.1) is 18.6 Å². The second-order valence-electron chi connectivity index (χ2n) is 6.20. The van der Waals surface area contributed by atoms with E-state index in [1.807, 2.05) is 19.1 Å². The lowest BCUT2D eigenvalue weighted by Gasteiger charge is -2.21. The first-order chi connectivity index (χ1) is 12.1. The molecule has 0 N–H and O–H groups in total. The van der Waals surface area contributed by atoms with E-state index >= 15 is 0 Å². The lowest BCUT2D eigenvalue weighted by molar-refractivity contribution is 0.212. The van der Waals surface area contributed by atoms with Gasteiger partial charge in [-0.3, -0.25) is 4.90 Å². The zero-order valence-electron chi connectivity index (χ0n) is 13.7. The van der Waals surface area contributed by atoms with Crippen LogP contribution in [0.1, 0.15) is 35.2 Å². The SMILES string of the molecule is Cc1ccc(-c2nnc([C@@H]3CCCN3Cc3cccc(F)c3F)o2)s1. The molecule has 3 heterocycles. The minimum Gasteiger partial charge on any atom is -0.418 e. The molecule has 4 rings (SSSR count). The van der Waals surface area contributed by atoms with Crippen LogP contribution in [0.15, 0.2) is 34.7 Å². The molecular formula is C18H17F2N3OS. The molecule has 1 saturated heterocycles. The molecule has 0 bridgehead atoms. The Morgan fingerprint density at radius 2 is 2.12 bits per heavy atom. The smallest absolute Gasteiger partial charge is 0.257 e. The molecule has 7 heteroatoms. The summed E-state index contributed by atoms with van der Waals surface area (Å²) in [7, 11) is 0. The van der Waals surface area contributed by atoms with Gasteiger partial charge in [0.05, 0.1) is 10.9 Å². The summed E-state index contributed by atoms with van der Waals surface area (Å²) in [6.45, 7) is 3.14. The largest absolute Gasteiger partial charge is 0.418 e. The van der Waals surface area contributed by atoms with Crippen LogP contribution in [0.3, 0.4) is 0 Å². The van der Waals surface area contributed by atoms with Gasteiger partial charge in [0, 0.05) is 17.0 Å². The summed E-state index contributed by atoms with van der Waals surface area (Å²) in [4.78, 5) is 4.19. The normalized spacial score (nSPS) is 18.1. The monoisotopic (exact) mass is 361 g/mol. The van der Waals surface area contributed by atoms with Crippen molar-refractivity contribution in [3.63, 3.8) is 0 Å². The van der Waals surface area contributed by atoms with E-state index < -0.39 is 11.6 Å². The van der Waals surface area contributed by atoms with E-state index in [2.05, 4.69) is 15.1 Å². The number of rotatable bonds is 4. The van der Waals surface area contributed by atoms with Crippen molar-refractivity contribution >= 4 is 11.3 Å². The fraction of sp³-hybridized carbons (Fsp3) is 0.333. The molecule has 25 heavy (non-hydrogen) atoms. The fourth-order valence-corrected chi connectivity index (χ4v) is 3.99. The third kappa shape index (κ3) is 3.21. The minimum absolute atomic E-state index is 0.0648. The lowest BCUT2D eigenvalue weighted by Crippen LogP contribution is -2.23. The molecule has 130 valence electrons. The maximum atomic E-state index is 14.0. The van der Waals surface area contributed by atoms with Crippen molar-refractivity contribution in [3.05, 3.63) is 58.3 Å². The fourth-order valence-electron chi connectivity index (χ4n) is 3.20. The van der Waals surface area contributed by atoms with Gasteiger partial charge in [-0.25, -0.2) is 8.78 Å². The molecule has 0 saturated carbocycles. The first-order valence-electron chi connectivity index (χ1n) is 8.19. The molecule has 3 aromatic rings. The van der Waals surface area contributed by atoms with Crippen LogP contribution >= 0.6 is 11.3 Å². The zero-order chi connectivity index (χ0) is 17.4. The Morgan fingerprint density at radius 3 is 2.92 bits per heavy atom. The summed E-state index contributed by atoms with van der Waals surface area (Å²) >= 11 is 1.60. The highest BCUT2D eigenvalue weighted by Crippen LogP contribution is 2.35. The van der Waals surface area contributed by atoms with Gasteiger partial charge in [0.2, 0.25) is 5.89 Å².